The molecule has 1 aromatic carbocycles. The number of carboxylic acid groups (broad SMARTS) is 1. The molecule has 0 atom stereocenters. The van der Waals surface area contributed by atoms with Crippen LogP contribution in [-0.4, -0.2) is 46.2 Å². The Hall–Kier alpha value is -1.88. The summed E-state index contributed by atoms with van der Waals surface area (Å²) in [5, 5.41) is 9.18. The molecule has 1 saturated carbocycles. The Morgan fingerprint density at radius 1 is 1.43 bits per heavy atom. The third-order valence-corrected chi connectivity index (χ3v) is 3.95. The molecule has 5 nitrogen and oxygen atoms in total. The maximum absolute atomic E-state index is 11.2. The van der Waals surface area contributed by atoms with Gasteiger partial charge >= 0.3 is 5.97 Å². The van der Waals surface area contributed by atoms with Gasteiger partial charge in [0.1, 0.15) is 5.82 Å². The lowest BCUT2D eigenvalue weighted by Gasteiger charge is -2.12. The van der Waals surface area contributed by atoms with Gasteiger partial charge in [0, 0.05) is 12.5 Å². The average molecular weight is 287 g/mol. The largest absolute Gasteiger partial charge is 0.478 e. The van der Waals surface area contributed by atoms with Gasteiger partial charge in [-0.15, -0.1) is 0 Å². The zero-order valence-corrected chi connectivity index (χ0v) is 12.5. The standard InChI is InChI=1S/C16H21N3O2/c1-18(2)8-3-9-19-14-10-12(16(20)21)6-7-13(14)17-15(19)11-4-5-11/h6-7,10-11H,3-5,8-9H2,1-2H3,(H,20,21). The second kappa shape index (κ2) is 5.48. The van der Waals surface area contributed by atoms with Crippen molar-refractivity contribution in [2.45, 2.75) is 31.7 Å². The van der Waals surface area contributed by atoms with Crippen LogP contribution in [0, 0.1) is 0 Å². The molecule has 0 radical (unpaired) electrons. The highest BCUT2D eigenvalue weighted by atomic mass is 16.4. The Labute approximate surface area is 124 Å². The van der Waals surface area contributed by atoms with Crippen LogP contribution in [0.2, 0.25) is 0 Å². The van der Waals surface area contributed by atoms with Crippen LogP contribution in [0.15, 0.2) is 18.2 Å². The number of hydrogen-bond acceptors (Lipinski definition) is 3. The Bertz CT molecular complexity index is 671. The van der Waals surface area contributed by atoms with E-state index < -0.39 is 5.97 Å². The third-order valence-electron chi connectivity index (χ3n) is 3.95. The molecule has 1 aliphatic rings. The molecule has 1 aliphatic carbocycles. The molecule has 2 aromatic rings. The van der Waals surface area contributed by atoms with Crippen LogP contribution in [-0.2, 0) is 6.54 Å². The van der Waals surface area contributed by atoms with Gasteiger partial charge in [0.05, 0.1) is 16.6 Å². The summed E-state index contributed by atoms with van der Waals surface area (Å²) >= 11 is 0. The van der Waals surface area contributed by atoms with Crippen LogP contribution in [0.25, 0.3) is 11.0 Å². The van der Waals surface area contributed by atoms with E-state index in [9.17, 15) is 9.90 Å². The van der Waals surface area contributed by atoms with E-state index in [1.165, 1.54) is 12.8 Å². The van der Waals surface area contributed by atoms with Crippen molar-refractivity contribution < 1.29 is 9.90 Å². The third kappa shape index (κ3) is 2.93. The van der Waals surface area contributed by atoms with Gasteiger partial charge in [-0.05, 0) is 58.1 Å². The highest BCUT2D eigenvalue weighted by molar-refractivity contribution is 5.92. The number of aromatic carboxylic acids is 1. The minimum absolute atomic E-state index is 0.332. The van der Waals surface area contributed by atoms with E-state index in [0.29, 0.717) is 11.5 Å². The van der Waals surface area contributed by atoms with Crippen LogP contribution in [0.1, 0.15) is 41.4 Å². The first-order chi connectivity index (χ1) is 10.1. The Morgan fingerprint density at radius 3 is 2.81 bits per heavy atom. The van der Waals surface area contributed by atoms with Gasteiger partial charge in [-0.1, -0.05) is 0 Å². The second-order valence-electron chi connectivity index (χ2n) is 6.06. The topological polar surface area (TPSA) is 58.4 Å². The molecular weight excluding hydrogens is 266 g/mol. The first-order valence-electron chi connectivity index (χ1n) is 7.44. The minimum Gasteiger partial charge on any atom is -0.478 e. The van der Waals surface area contributed by atoms with Crippen LogP contribution in [0.5, 0.6) is 0 Å². The predicted molar refractivity (Wildman–Crippen MR) is 81.8 cm³/mol. The fourth-order valence-electron chi connectivity index (χ4n) is 2.71. The molecule has 1 heterocycles. The lowest BCUT2D eigenvalue weighted by molar-refractivity contribution is 0.0697. The van der Waals surface area contributed by atoms with Crippen LogP contribution in [0.4, 0.5) is 0 Å². The molecule has 3 rings (SSSR count). The fraction of sp³-hybridized carbons (Fsp3) is 0.500. The highest BCUT2D eigenvalue weighted by Crippen LogP contribution is 2.40. The van der Waals surface area contributed by atoms with Crippen molar-refractivity contribution in [1.29, 1.82) is 0 Å². The van der Waals surface area contributed by atoms with Gasteiger partial charge in [-0.2, -0.15) is 0 Å². The number of benzene rings is 1. The predicted octanol–water partition coefficient (Wildman–Crippen LogP) is 2.56. The molecule has 1 aromatic heterocycles. The van der Waals surface area contributed by atoms with Crippen LogP contribution >= 0.6 is 0 Å². The summed E-state index contributed by atoms with van der Waals surface area (Å²) in [7, 11) is 4.13. The number of aromatic nitrogens is 2. The lowest BCUT2D eigenvalue weighted by atomic mass is 10.2. The zero-order valence-electron chi connectivity index (χ0n) is 12.5. The zero-order chi connectivity index (χ0) is 15.0. The van der Waals surface area contributed by atoms with Crippen molar-refractivity contribution in [3.05, 3.63) is 29.6 Å². The van der Waals surface area contributed by atoms with E-state index in [1.807, 2.05) is 6.07 Å². The summed E-state index contributed by atoms with van der Waals surface area (Å²) in [6.45, 7) is 1.91. The van der Waals surface area contributed by atoms with E-state index >= 15 is 0 Å². The first-order valence-corrected chi connectivity index (χ1v) is 7.44. The Morgan fingerprint density at radius 2 is 2.19 bits per heavy atom. The molecule has 1 N–H and O–H groups in total. The maximum Gasteiger partial charge on any atom is 0.335 e. The average Bonchev–Trinajstić information content (AvgIpc) is 3.21. The lowest BCUT2D eigenvalue weighted by Crippen LogP contribution is -2.15. The van der Waals surface area contributed by atoms with Crippen molar-refractivity contribution in [3.8, 4) is 0 Å². The fourth-order valence-corrected chi connectivity index (χ4v) is 2.71. The quantitative estimate of drug-likeness (QED) is 0.887. The summed E-state index contributed by atoms with van der Waals surface area (Å²) < 4.78 is 2.23. The summed E-state index contributed by atoms with van der Waals surface area (Å²) in [4.78, 5) is 18.1. The van der Waals surface area contributed by atoms with Gasteiger partial charge in [0.2, 0.25) is 0 Å². The van der Waals surface area contributed by atoms with Crippen molar-refractivity contribution in [3.63, 3.8) is 0 Å². The molecule has 0 aliphatic heterocycles. The molecule has 5 heteroatoms. The summed E-state index contributed by atoms with van der Waals surface area (Å²) in [5.41, 5.74) is 2.20. The monoisotopic (exact) mass is 287 g/mol. The molecule has 0 saturated heterocycles. The number of hydrogen-bond donors (Lipinski definition) is 1. The Balaban J connectivity index is 1.97. The molecule has 0 bridgehead atoms. The van der Waals surface area contributed by atoms with Crippen molar-refractivity contribution in [2.24, 2.45) is 0 Å². The van der Waals surface area contributed by atoms with E-state index in [1.54, 1.807) is 12.1 Å². The summed E-state index contributed by atoms with van der Waals surface area (Å²) in [6, 6.07) is 5.22. The van der Waals surface area contributed by atoms with E-state index in [4.69, 9.17) is 4.98 Å². The number of carbonyl (C=O) groups is 1. The van der Waals surface area contributed by atoms with Gasteiger partial charge in [-0.25, -0.2) is 9.78 Å². The van der Waals surface area contributed by atoms with Gasteiger partial charge in [0.25, 0.3) is 0 Å². The minimum atomic E-state index is -0.883. The number of rotatable bonds is 6. The number of nitrogens with zero attached hydrogens (tertiary/aromatic N) is 3. The SMILES string of the molecule is CN(C)CCCn1c(C2CC2)nc2ccc(C(=O)O)cc21. The normalized spacial score (nSPS) is 15.0. The number of imidazole rings is 1. The second-order valence-corrected chi connectivity index (χ2v) is 6.06. The number of fused-ring (bicyclic) bond motifs is 1. The van der Waals surface area contributed by atoms with E-state index in [2.05, 4.69) is 23.6 Å². The van der Waals surface area contributed by atoms with Crippen LogP contribution in [0.3, 0.4) is 0 Å². The molecule has 0 spiro atoms. The molecule has 0 unspecified atom stereocenters. The summed E-state index contributed by atoms with van der Waals surface area (Å²) in [5.74, 6) is 0.808. The molecule has 112 valence electrons. The Kier molecular flexibility index (Phi) is 3.68. The highest BCUT2D eigenvalue weighted by Gasteiger charge is 2.29. The van der Waals surface area contributed by atoms with Gasteiger partial charge in [0.15, 0.2) is 0 Å². The van der Waals surface area contributed by atoms with Gasteiger partial charge in [-0.3, -0.25) is 0 Å². The number of carboxylic acids is 1. The van der Waals surface area contributed by atoms with Crippen molar-refractivity contribution >= 4 is 17.0 Å². The molecular formula is C16H21N3O2. The molecule has 0 amide bonds. The number of aryl methyl sites for hydroxylation is 1. The first kappa shape index (κ1) is 14.1. The van der Waals surface area contributed by atoms with E-state index in [-0.39, 0.29) is 0 Å². The smallest absolute Gasteiger partial charge is 0.335 e. The van der Waals surface area contributed by atoms with Gasteiger partial charge < -0.3 is 14.6 Å². The molecule has 21 heavy (non-hydrogen) atoms. The van der Waals surface area contributed by atoms with Crippen molar-refractivity contribution in [1.82, 2.24) is 14.5 Å². The van der Waals surface area contributed by atoms with E-state index in [0.717, 1.165) is 36.4 Å². The maximum atomic E-state index is 11.2. The summed E-state index contributed by atoms with van der Waals surface area (Å²) in [6.07, 6.45) is 3.43. The molecule has 1 fully saturated rings. The van der Waals surface area contributed by atoms with Crippen LogP contribution < -0.4 is 0 Å². The van der Waals surface area contributed by atoms with Crippen molar-refractivity contribution in [2.75, 3.05) is 20.6 Å².